The van der Waals surface area contributed by atoms with Gasteiger partial charge in [0.2, 0.25) is 0 Å². The van der Waals surface area contributed by atoms with E-state index in [0.29, 0.717) is 17.5 Å². The smallest absolute Gasteiger partial charge is 0.167 e. The number of furan rings is 1. The minimum Gasteiger partial charge on any atom is -0.455 e. The summed E-state index contributed by atoms with van der Waals surface area (Å²) in [5.41, 5.74) is 11.3. The summed E-state index contributed by atoms with van der Waals surface area (Å²) < 4.78 is 6.54. The van der Waals surface area contributed by atoms with Gasteiger partial charge < -0.3 is 4.42 Å². The first kappa shape index (κ1) is 32.5. The Hall–Kier alpha value is -7.69. The molecule has 2 heterocycles. The van der Waals surface area contributed by atoms with Crippen LogP contribution in [0, 0.1) is 0 Å². The predicted octanol–water partition coefficient (Wildman–Crippen LogP) is 13.4. The molecule has 12 rings (SSSR count). The van der Waals surface area contributed by atoms with E-state index in [1.807, 2.05) is 24.3 Å². The SMILES string of the molecule is c1ccc(C2(c3ccc(-c4nc(-c5cccc6c5oc5ccccc56)nc(-c5cccc6ccc7ccccc7c56)n4)cc3)c3ccccc3-c3ccccc32)cc1. The van der Waals surface area contributed by atoms with Gasteiger partial charge in [0.1, 0.15) is 11.2 Å². The molecular formula is C54H33N3O. The van der Waals surface area contributed by atoms with E-state index in [2.05, 4.69) is 176 Å². The zero-order valence-corrected chi connectivity index (χ0v) is 31.3. The van der Waals surface area contributed by atoms with Gasteiger partial charge in [0.05, 0.1) is 11.0 Å². The van der Waals surface area contributed by atoms with Crippen LogP contribution in [0.1, 0.15) is 22.3 Å². The van der Waals surface area contributed by atoms with Crippen LogP contribution in [-0.2, 0) is 5.41 Å². The van der Waals surface area contributed by atoms with Gasteiger partial charge in [-0.3, -0.25) is 0 Å². The number of hydrogen-bond donors (Lipinski definition) is 0. The van der Waals surface area contributed by atoms with Gasteiger partial charge in [0.15, 0.2) is 17.5 Å². The first-order valence-electron chi connectivity index (χ1n) is 19.7. The van der Waals surface area contributed by atoms with Gasteiger partial charge in [-0.25, -0.2) is 15.0 Å². The molecule has 58 heavy (non-hydrogen) atoms. The number of fused-ring (bicyclic) bond motifs is 9. The highest BCUT2D eigenvalue weighted by Crippen LogP contribution is 2.56. The second kappa shape index (κ2) is 12.7. The highest BCUT2D eigenvalue weighted by atomic mass is 16.3. The average molecular weight is 740 g/mol. The number of benzene rings is 9. The molecule has 0 atom stereocenters. The fourth-order valence-electron chi connectivity index (χ4n) is 9.50. The third-order valence-corrected chi connectivity index (χ3v) is 12.0. The molecule has 11 aromatic rings. The Kier molecular flexibility index (Phi) is 7.11. The molecule has 2 aromatic heterocycles. The molecule has 1 aliphatic rings. The van der Waals surface area contributed by atoms with Crippen LogP contribution in [0.15, 0.2) is 205 Å². The summed E-state index contributed by atoms with van der Waals surface area (Å²) in [5, 5.41) is 6.66. The predicted molar refractivity (Wildman–Crippen MR) is 236 cm³/mol. The molecule has 9 aromatic carbocycles. The van der Waals surface area contributed by atoms with E-state index in [1.165, 1.54) is 38.8 Å². The fraction of sp³-hybridized carbons (Fsp3) is 0.0185. The van der Waals surface area contributed by atoms with Crippen molar-refractivity contribution in [3.05, 3.63) is 222 Å². The van der Waals surface area contributed by atoms with Crippen molar-refractivity contribution in [3.63, 3.8) is 0 Å². The summed E-state index contributed by atoms with van der Waals surface area (Å²) in [4.78, 5) is 15.8. The maximum absolute atomic E-state index is 6.54. The quantitative estimate of drug-likeness (QED) is 0.165. The molecule has 0 bridgehead atoms. The second-order valence-corrected chi connectivity index (χ2v) is 15.1. The molecular weight excluding hydrogens is 707 g/mol. The zero-order chi connectivity index (χ0) is 38.2. The average Bonchev–Trinajstić information content (AvgIpc) is 3.83. The molecule has 0 fully saturated rings. The third kappa shape index (κ3) is 4.72. The van der Waals surface area contributed by atoms with Crippen LogP contribution in [0.4, 0.5) is 0 Å². The van der Waals surface area contributed by atoms with E-state index >= 15 is 0 Å². The molecule has 4 heteroatoms. The number of aromatic nitrogens is 3. The van der Waals surface area contributed by atoms with Crippen molar-refractivity contribution in [2.45, 2.75) is 5.41 Å². The molecule has 1 aliphatic carbocycles. The van der Waals surface area contributed by atoms with Gasteiger partial charge in [0, 0.05) is 27.3 Å². The first-order chi connectivity index (χ1) is 28.8. The lowest BCUT2D eigenvalue weighted by molar-refractivity contribution is 0.669. The molecule has 0 radical (unpaired) electrons. The number of nitrogens with zero attached hydrogens (tertiary/aromatic N) is 3. The van der Waals surface area contributed by atoms with Crippen LogP contribution < -0.4 is 0 Å². The molecule has 0 saturated carbocycles. The van der Waals surface area contributed by atoms with E-state index in [0.717, 1.165) is 54.8 Å². The minimum absolute atomic E-state index is 0.497. The van der Waals surface area contributed by atoms with Gasteiger partial charge >= 0.3 is 0 Å². The first-order valence-corrected chi connectivity index (χ1v) is 19.7. The van der Waals surface area contributed by atoms with Crippen molar-refractivity contribution in [3.8, 4) is 45.3 Å². The highest BCUT2D eigenvalue weighted by Gasteiger charge is 2.45. The van der Waals surface area contributed by atoms with Crippen LogP contribution in [-0.4, -0.2) is 15.0 Å². The van der Waals surface area contributed by atoms with Gasteiger partial charge in [-0.15, -0.1) is 0 Å². The van der Waals surface area contributed by atoms with Crippen molar-refractivity contribution in [2.24, 2.45) is 0 Å². The lowest BCUT2D eigenvalue weighted by atomic mass is 9.67. The molecule has 0 saturated heterocycles. The molecule has 0 aliphatic heterocycles. The van der Waals surface area contributed by atoms with E-state index < -0.39 is 5.41 Å². The van der Waals surface area contributed by atoms with E-state index in [-0.39, 0.29) is 0 Å². The highest BCUT2D eigenvalue weighted by molar-refractivity contribution is 6.14. The molecule has 0 spiro atoms. The Morgan fingerprint density at radius 2 is 0.879 bits per heavy atom. The number of rotatable bonds is 5. The van der Waals surface area contributed by atoms with E-state index in [1.54, 1.807) is 0 Å². The maximum atomic E-state index is 6.54. The summed E-state index contributed by atoms with van der Waals surface area (Å²) in [5.74, 6) is 1.77. The molecule has 270 valence electrons. The lowest BCUT2D eigenvalue weighted by Gasteiger charge is -2.34. The standard InChI is InChI=1S/C54H33N3O/c1-2-16-37(17-3-1)54(46-25-9-6-19-40(46)41-20-7-10-26-47(41)54)38-32-30-36(31-33-38)51-55-52(44-23-12-15-35-29-28-34-14-4-5-18-39(34)49(35)44)57-53(56-51)45-24-13-22-43-42-21-8-11-27-48(42)58-50(43)45/h1-33H. The molecule has 0 unspecified atom stereocenters. The maximum Gasteiger partial charge on any atom is 0.167 e. The summed E-state index contributed by atoms with van der Waals surface area (Å²) in [6, 6.07) is 71.0. The zero-order valence-electron chi connectivity index (χ0n) is 31.3. The van der Waals surface area contributed by atoms with Crippen molar-refractivity contribution >= 4 is 43.5 Å². The molecule has 4 nitrogen and oxygen atoms in total. The van der Waals surface area contributed by atoms with Crippen LogP contribution in [0.2, 0.25) is 0 Å². The van der Waals surface area contributed by atoms with Crippen LogP contribution in [0.3, 0.4) is 0 Å². The Balaban J connectivity index is 1.09. The summed E-state index contributed by atoms with van der Waals surface area (Å²) in [7, 11) is 0. The van der Waals surface area contributed by atoms with Gasteiger partial charge in [-0.2, -0.15) is 0 Å². The van der Waals surface area contributed by atoms with E-state index in [4.69, 9.17) is 19.4 Å². The van der Waals surface area contributed by atoms with Crippen LogP contribution in [0.25, 0.3) is 88.8 Å². The van der Waals surface area contributed by atoms with Crippen molar-refractivity contribution in [1.82, 2.24) is 15.0 Å². The van der Waals surface area contributed by atoms with Crippen molar-refractivity contribution < 1.29 is 4.42 Å². The number of para-hydroxylation sites is 2. The van der Waals surface area contributed by atoms with E-state index in [9.17, 15) is 0 Å². The summed E-state index contributed by atoms with van der Waals surface area (Å²) >= 11 is 0. The Morgan fingerprint density at radius 3 is 1.67 bits per heavy atom. The second-order valence-electron chi connectivity index (χ2n) is 15.1. The minimum atomic E-state index is -0.497. The Labute approximate surface area is 334 Å². The van der Waals surface area contributed by atoms with Crippen LogP contribution >= 0.6 is 0 Å². The molecule has 0 amide bonds. The lowest BCUT2D eigenvalue weighted by Crippen LogP contribution is -2.28. The molecule has 0 N–H and O–H groups in total. The van der Waals surface area contributed by atoms with Gasteiger partial charge in [0.25, 0.3) is 0 Å². The fourth-order valence-corrected chi connectivity index (χ4v) is 9.50. The third-order valence-electron chi connectivity index (χ3n) is 12.0. The Bertz CT molecular complexity index is 3360. The van der Waals surface area contributed by atoms with Crippen LogP contribution in [0.5, 0.6) is 0 Å². The van der Waals surface area contributed by atoms with Crippen molar-refractivity contribution in [1.29, 1.82) is 0 Å². The largest absolute Gasteiger partial charge is 0.455 e. The summed E-state index contributed by atoms with van der Waals surface area (Å²) in [6.45, 7) is 0. The topological polar surface area (TPSA) is 51.8 Å². The number of hydrogen-bond acceptors (Lipinski definition) is 4. The Morgan fingerprint density at radius 1 is 0.345 bits per heavy atom. The summed E-state index contributed by atoms with van der Waals surface area (Å²) in [6.07, 6.45) is 0. The van der Waals surface area contributed by atoms with Gasteiger partial charge in [-0.05, 0) is 61.7 Å². The normalized spacial score (nSPS) is 13.0. The monoisotopic (exact) mass is 739 g/mol. The van der Waals surface area contributed by atoms with Gasteiger partial charge in [-0.1, -0.05) is 188 Å². The van der Waals surface area contributed by atoms with Crippen molar-refractivity contribution in [2.75, 3.05) is 0 Å².